The molecule has 1 aliphatic rings. The van der Waals surface area contributed by atoms with E-state index in [9.17, 15) is 13.5 Å². The Morgan fingerprint density at radius 2 is 2.05 bits per heavy atom. The van der Waals surface area contributed by atoms with Crippen molar-refractivity contribution >= 4 is 9.84 Å². The SMILES string of the molecule is COCCc1ccc(C(O)C2CCS(=O)(=O)C2)cc1. The van der Waals surface area contributed by atoms with Gasteiger partial charge in [0, 0.05) is 13.0 Å². The molecule has 2 unspecified atom stereocenters. The highest BCUT2D eigenvalue weighted by Crippen LogP contribution is 2.31. The highest BCUT2D eigenvalue weighted by molar-refractivity contribution is 7.91. The minimum absolute atomic E-state index is 0.0968. The van der Waals surface area contributed by atoms with Gasteiger partial charge in [0.1, 0.15) is 0 Å². The van der Waals surface area contributed by atoms with Gasteiger partial charge in [0.15, 0.2) is 9.84 Å². The minimum atomic E-state index is -2.95. The predicted molar refractivity (Wildman–Crippen MR) is 73.7 cm³/mol. The second-order valence-corrected chi connectivity index (χ2v) is 7.32. The van der Waals surface area contributed by atoms with Crippen LogP contribution in [0, 0.1) is 5.92 Å². The first-order valence-electron chi connectivity index (χ1n) is 6.48. The van der Waals surface area contributed by atoms with E-state index < -0.39 is 15.9 Å². The number of hydrogen-bond donors (Lipinski definition) is 1. The third-order valence-electron chi connectivity index (χ3n) is 3.63. The maximum atomic E-state index is 11.4. The van der Waals surface area contributed by atoms with Crippen molar-refractivity contribution in [2.24, 2.45) is 5.92 Å². The summed E-state index contributed by atoms with van der Waals surface area (Å²) in [4.78, 5) is 0. The van der Waals surface area contributed by atoms with Gasteiger partial charge in [-0.05, 0) is 24.0 Å². The highest BCUT2D eigenvalue weighted by atomic mass is 32.2. The lowest BCUT2D eigenvalue weighted by atomic mass is 9.94. The first kappa shape index (κ1) is 14.5. The lowest BCUT2D eigenvalue weighted by Gasteiger charge is -2.17. The molecule has 1 aromatic rings. The first-order valence-corrected chi connectivity index (χ1v) is 8.30. The van der Waals surface area contributed by atoms with Gasteiger partial charge in [0.25, 0.3) is 0 Å². The Labute approximate surface area is 114 Å². The van der Waals surface area contributed by atoms with Gasteiger partial charge < -0.3 is 9.84 Å². The fourth-order valence-electron chi connectivity index (χ4n) is 2.45. The summed E-state index contributed by atoms with van der Waals surface area (Å²) in [5, 5.41) is 10.2. The molecule has 5 heteroatoms. The Morgan fingerprint density at radius 1 is 1.37 bits per heavy atom. The molecular formula is C14H20O4S. The van der Waals surface area contributed by atoms with Crippen LogP contribution in [0.15, 0.2) is 24.3 Å². The van der Waals surface area contributed by atoms with Gasteiger partial charge in [-0.1, -0.05) is 24.3 Å². The number of ether oxygens (including phenoxy) is 1. The average Bonchev–Trinajstić information content (AvgIpc) is 2.76. The zero-order valence-electron chi connectivity index (χ0n) is 11.1. The number of aliphatic hydroxyl groups is 1. The second-order valence-electron chi connectivity index (χ2n) is 5.09. The third kappa shape index (κ3) is 3.78. The molecule has 1 fully saturated rings. The van der Waals surface area contributed by atoms with Gasteiger partial charge in [0.05, 0.1) is 24.2 Å². The summed E-state index contributed by atoms with van der Waals surface area (Å²) in [6.07, 6.45) is 0.702. The van der Waals surface area contributed by atoms with Crippen molar-refractivity contribution in [2.75, 3.05) is 25.2 Å². The van der Waals surface area contributed by atoms with Crippen LogP contribution in [0.4, 0.5) is 0 Å². The van der Waals surface area contributed by atoms with Crippen LogP contribution in [0.25, 0.3) is 0 Å². The topological polar surface area (TPSA) is 63.6 Å². The maximum absolute atomic E-state index is 11.4. The lowest BCUT2D eigenvalue weighted by Crippen LogP contribution is -2.14. The molecule has 106 valence electrons. The molecular weight excluding hydrogens is 264 g/mol. The van der Waals surface area contributed by atoms with Crippen LogP contribution in [0.1, 0.15) is 23.7 Å². The molecule has 1 N–H and O–H groups in total. The van der Waals surface area contributed by atoms with E-state index in [0.717, 1.165) is 17.5 Å². The van der Waals surface area contributed by atoms with Gasteiger partial charge in [-0.15, -0.1) is 0 Å². The van der Waals surface area contributed by atoms with Gasteiger partial charge in [-0.25, -0.2) is 8.42 Å². The molecule has 2 atom stereocenters. The van der Waals surface area contributed by atoms with E-state index in [1.165, 1.54) is 0 Å². The molecule has 19 heavy (non-hydrogen) atoms. The van der Waals surface area contributed by atoms with Gasteiger partial charge in [-0.3, -0.25) is 0 Å². The number of benzene rings is 1. The molecule has 0 aromatic heterocycles. The molecule has 0 bridgehead atoms. The standard InChI is InChI=1S/C14H20O4S/c1-18-8-6-11-2-4-12(5-3-11)14(15)13-7-9-19(16,17)10-13/h2-5,13-15H,6-10H2,1H3. The summed E-state index contributed by atoms with van der Waals surface area (Å²) in [7, 11) is -1.28. The molecule has 4 nitrogen and oxygen atoms in total. The van der Waals surface area contributed by atoms with E-state index in [0.29, 0.717) is 13.0 Å². The Hall–Kier alpha value is -0.910. The summed E-state index contributed by atoms with van der Waals surface area (Å²) in [6, 6.07) is 7.67. The second kappa shape index (κ2) is 6.03. The average molecular weight is 284 g/mol. The van der Waals surface area contributed by atoms with Crippen LogP contribution in [-0.4, -0.2) is 38.7 Å². The molecule has 1 aromatic carbocycles. The summed E-state index contributed by atoms with van der Waals surface area (Å²) < 4.78 is 27.9. The molecule has 1 heterocycles. The number of hydrogen-bond acceptors (Lipinski definition) is 4. The van der Waals surface area contributed by atoms with Crippen LogP contribution in [0.5, 0.6) is 0 Å². The zero-order chi connectivity index (χ0) is 13.9. The van der Waals surface area contributed by atoms with E-state index in [-0.39, 0.29) is 17.4 Å². The van der Waals surface area contributed by atoms with Crippen LogP contribution in [0.2, 0.25) is 0 Å². The van der Waals surface area contributed by atoms with Crippen LogP contribution in [0.3, 0.4) is 0 Å². The summed E-state index contributed by atoms with van der Waals surface area (Å²) in [5.74, 6) is 0.120. The first-order chi connectivity index (χ1) is 9.02. The van der Waals surface area contributed by atoms with E-state index >= 15 is 0 Å². The summed E-state index contributed by atoms with van der Waals surface area (Å²) >= 11 is 0. The molecule has 2 rings (SSSR count). The Morgan fingerprint density at radius 3 is 2.58 bits per heavy atom. The van der Waals surface area contributed by atoms with Crippen molar-refractivity contribution in [3.05, 3.63) is 35.4 Å². The molecule has 0 spiro atoms. The van der Waals surface area contributed by atoms with E-state index in [2.05, 4.69) is 0 Å². The predicted octanol–water partition coefficient (Wildman–Crippen LogP) is 1.34. The van der Waals surface area contributed by atoms with E-state index in [1.807, 2.05) is 24.3 Å². The van der Waals surface area contributed by atoms with Crippen molar-refractivity contribution in [3.8, 4) is 0 Å². The monoisotopic (exact) mass is 284 g/mol. The molecule has 0 saturated carbocycles. The Balaban J connectivity index is 2.01. The van der Waals surface area contributed by atoms with Crippen LogP contribution >= 0.6 is 0 Å². The molecule has 1 aliphatic heterocycles. The number of sulfone groups is 1. The fourth-order valence-corrected chi connectivity index (χ4v) is 4.28. The van der Waals surface area contributed by atoms with E-state index in [1.54, 1.807) is 7.11 Å². The van der Waals surface area contributed by atoms with Crippen LogP contribution in [-0.2, 0) is 21.0 Å². The van der Waals surface area contributed by atoms with Gasteiger partial charge in [-0.2, -0.15) is 0 Å². The Kier molecular flexibility index (Phi) is 4.60. The Bertz CT molecular complexity index is 507. The lowest BCUT2D eigenvalue weighted by molar-refractivity contribution is 0.121. The molecule has 1 saturated heterocycles. The minimum Gasteiger partial charge on any atom is -0.388 e. The van der Waals surface area contributed by atoms with Gasteiger partial charge >= 0.3 is 0 Å². The smallest absolute Gasteiger partial charge is 0.150 e. The summed E-state index contributed by atoms with van der Waals surface area (Å²) in [5.41, 5.74) is 1.94. The van der Waals surface area contributed by atoms with Crippen molar-refractivity contribution < 1.29 is 18.3 Å². The van der Waals surface area contributed by atoms with Crippen molar-refractivity contribution in [1.82, 2.24) is 0 Å². The van der Waals surface area contributed by atoms with Crippen molar-refractivity contribution in [2.45, 2.75) is 18.9 Å². The van der Waals surface area contributed by atoms with Crippen molar-refractivity contribution in [1.29, 1.82) is 0 Å². The van der Waals surface area contributed by atoms with Gasteiger partial charge in [0.2, 0.25) is 0 Å². The molecule has 0 radical (unpaired) electrons. The van der Waals surface area contributed by atoms with Crippen LogP contribution < -0.4 is 0 Å². The number of aliphatic hydroxyl groups excluding tert-OH is 1. The van der Waals surface area contributed by atoms with Crippen molar-refractivity contribution in [3.63, 3.8) is 0 Å². The molecule has 0 amide bonds. The largest absolute Gasteiger partial charge is 0.388 e. The quantitative estimate of drug-likeness (QED) is 0.886. The number of rotatable bonds is 5. The third-order valence-corrected chi connectivity index (χ3v) is 5.42. The normalized spacial score (nSPS) is 23.4. The summed E-state index contributed by atoms with van der Waals surface area (Å²) in [6.45, 7) is 0.669. The van der Waals surface area contributed by atoms with E-state index in [4.69, 9.17) is 4.74 Å². The molecule has 0 aliphatic carbocycles. The zero-order valence-corrected chi connectivity index (χ0v) is 11.9. The highest BCUT2D eigenvalue weighted by Gasteiger charge is 2.33. The fraction of sp³-hybridized carbons (Fsp3) is 0.571. The number of methoxy groups -OCH3 is 1. The maximum Gasteiger partial charge on any atom is 0.150 e.